The molecule has 1 fully saturated rings. The van der Waals surface area contributed by atoms with Crippen LogP contribution in [-0.4, -0.2) is 41.0 Å². The monoisotopic (exact) mass is 354 g/mol. The Kier molecular flexibility index (Phi) is 6.21. The topological polar surface area (TPSA) is 59.5 Å². The van der Waals surface area contributed by atoms with Crippen molar-refractivity contribution in [3.63, 3.8) is 0 Å². The van der Waals surface area contributed by atoms with Crippen molar-refractivity contribution in [1.82, 2.24) is 9.88 Å². The summed E-state index contributed by atoms with van der Waals surface area (Å²) < 4.78 is 5.27. The average Bonchev–Trinajstić information content (AvgIpc) is 2.68. The molecule has 1 aromatic heterocycles. The van der Waals surface area contributed by atoms with Crippen molar-refractivity contribution in [2.45, 2.75) is 51.5 Å². The van der Waals surface area contributed by atoms with Crippen molar-refractivity contribution in [1.29, 1.82) is 0 Å². The van der Waals surface area contributed by atoms with E-state index in [0.29, 0.717) is 12.6 Å². The van der Waals surface area contributed by atoms with Crippen LogP contribution in [0.4, 0.5) is 0 Å². The molecule has 1 aliphatic rings. The molecule has 0 radical (unpaired) electrons. The van der Waals surface area contributed by atoms with E-state index in [1.54, 1.807) is 6.20 Å². The molecule has 3 rings (SSSR count). The summed E-state index contributed by atoms with van der Waals surface area (Å²) in [7, 11) is 0. The van der Waals surface area contributed by atoms with Crippen molar-refractivity contribution in [2.75, 3.05) is 13.2 Å². The molecule has 138 valence electrons. The molecule has 26 heavy (non-hydrogen) atoms. The number of benzene rings is 1. The summed E-state index contributed by atoms with van der Waals surface area (Å²) in [6.07, 6.45) is 7.52. The van der Waals surface area contributed by atoms with Crippen LogP contribution in [0.15, 0.2) is 36.5 Å². The standard InChI is InChI=1S/C21H26N2O3/c1-2-23(18-11-4-3-5-12-18)19(24)15-26-20(25)14-17-9-6-8-16-10-7-13-22-21(16)17/h6-10,13,18H,2-5,11-12,14-15H2,1H3. The number of hydrogen-bond donors (Lipinski definition) is 0. The van der Waals surface area contributed by atoms with Gasteiger partial charge in [0.05, 0.1) is 11.9 Å². The first-order chi connectivity index (χ1) is 12.7. The summed E-state index contributed by atoms with van der Waals surface area (Å²) in [4.78, 5) is 30.9. The number of fused-ring (bicyclic) bond motifs is 1. The first kappa shape index (κ1) is 18.4. The summed E-state index contributed by atoms with van der Waals surface area (Å²) >= 11 is 0. The van der Waals surface area contributed by atoms with Crippen LogP contribution in [0.5, 0.6) is 0 Å². The van der Waals surface area contributed by atoms with E-state index in [4.69, 9.17) is 4.74 Å². The molecule has 0 aliphatic heterocycles. The van der Waals surface area contributed by atoms with Crippen LogP contribution in [-0.2, 0) is 20.7 Å². The number of hydrogen-bond acceptors (Lipinski definition) is 4. The number of likely N-dealkylation sites (N-methyl/N-ethyl adjacent to an activating group) is 1. The van der Waals surface area contributed by atoms with Gasteiger partial charge in [0.15, 0.2) is 6.61 Å². The molecule has 0 unspecified atom stereocenters. The summed E-state index contributed by atoms with van der Waals surface area (Å²) in [6, 6.07) is 9.86. The molecule has 0 spiro atoms. The maximum atomic E-state index is 12.5. The summed E-state index contributed by atoms with van der Waals surface area (Å²) in [5.41, 5.74) is 1.62. The van der Waals surface area contributed by atoms with Gasteiger partial charge in [0.25, 0.3) is 5.91 Å². The third-order valence-electron chi connectivity index (χ3n) is 5.08. The highest BCUT2D eigenvalue weighted by atomic mass is 16.5. The average molecular weight is 354 g/mol. The van der Waals surface area contributed by atoms with Gasteiger partial charge in [-0.3, -0.25) is 14.6 Å². The number of carbonyl (C=O) groups is 2. The number of nitrogens with zero attached hydrogens (tertiary/aromatic N) is 2. The largest absolute Gasteiger partial charge is 0.455 e. The Morgan fingerprint density at radius 1 is 1.15 bits per heavy atom. The lowest BCUT2D eigenvalue weighted by atomic mass is 9.94. The zero-order chi connectivity index (χ0) is 18.4. The quantitative estimate of drug-likeness (QED) is 0.745. The third-order valence-corrected chi connectivity index (χ3v) is 5.08. The molecular formula is C21H26N2O3. The van der Waals surface area contributed by atoms with Crippen LogP contribution in [0, 0.1) is 0 Å². The minimum atomic E-state index is -0.392. The molecule has 0 N–H and O–H groups in total. The third kappa shape index (κ3) is 4.40. The lowest BCUT2D eigenvalue weighted by Crippen LogP contribution is -2.43. The van der Waals surface area contributed by atoms with E-state index in [1.807, 2.05) is 42.2 Å². The SMILES string of the molecule is CCN(C(=O)COC(=O)Cc1cccc2cccnc12)C1CCCCC1. The number of aromatic nitrogens is 1. The first-order valence-electron chi connectivity index (χ1n) is 9.46. The lowest BCUT2D eigenvalue weighted by Gasteiger charge is -2.33. The fourth-order valence-corrected chi connectivity index (χ4v) is 3.77. The van der Waals surface area contributed by atoms with E-state index < -0.39 is 5.97 Å². The first-order valence-corrected chi connectivity index (χ1v) is 9.46. The second-order valence-corrected chi connectivity index (χ2v) is 6.80. The Morgan fingerprint density at radius 3 is 2.69 bits per heavy atom. The van der Waals surface area contributed by atoms with Gasteiger partial charge in [0.1, 0.15) is 0 Å². The van der Waals surface area contributed by atoms with Crippen LogP contribution in [0.1, 0.15) is 44.6 Å². The fourth-order valence-electron chi connectivity index (χ4n) is 3.77. The number of ether oxygens (including phenoxy) is 1. The Morgan fingerprint density at radius 2 is 1.92 bits per heavy atom. The predicted octanol–water partition coefficient (Wildman–Crippen LogP) is 3.50. The van der Waals surface area contributed by atoms with E-state index >= 15 is 0 Å². The maximum Gasteiger partial charge on any atom is 0.310 e. The highest BCUT2D eigenvalue weighted by molar-refractivity contribution is 5.87. The zero-order valence-corrected chi connectivity index (χ0v) is 15.3. The van der Waals surface area contributed by atoms with Gasteiger partial charge in [0, 0.05) is 24.2 Å². The van der Waals surface area contributed by atoms with Crippen molar-refractivity contribution in [3.05, 3.63) is 42.1 Å². The Labute approximate surface area is 154 Å². The smallest absolute Gasteiger partial charge is 0.310 e. The van der Waals surface area contributed by atoms with Gasteiger partial charge < -0.3 is 9.64 Å². The van der Waals surface area contributed by atoms with Gasteiger partial charge in [-0.15, -0.1) is 0 Å². The Balaban J connectivity index is 1.56. The molecule has 0 bridgehead atoms. The number of esters is 1. The molecular weight excluding hydrogens is 328 g/mol. The van der Waals surface area contributed by atoms with Gasteiger partial charge in [-0.05, 0) is 31.4 Å². The fraction of sp³-hybridized carbons (Fsp3) is 0.476. The van der Waals surface area contributed by atoms with Crippen LogP contribution in [0.25, 0.3) is 10.9 Å². The highest BCUT2D eigenvalue weighted by Crippen LogP contribution is 2.22. The van der Waals surface area contributed by atoms with Crippen molar-refractivity contribution in [3.8, 4) is 0 Å². The normalized spacial score (nSPS) is 15.0. The lowest BCUT2D eigenvalue weighted by molar-refractivity contribution is -0.152. The van der Waals surface area contributed by atoms with E-state index in [2.05, 4.69) is 4.98 Å². The van der Waals surface area contributed by atoms with Crippen LogP contribution in [0.2, 0.25) is 0 Å². The summed E-state index contributed by atoms with van der Waals surface area (Å²) in [5.74, 6) is -0.486. The van der Waals surface area contributed by atoms with E-state index in [9.17, 15) is 9.59 Å². The summed E-state index contributed by atoms with van der Waals surface area (Å²) in [6.45, 7) is 2.46. The number of pyridine rings is 1. The van der Waals surface area contributed by atoms with Crippen LogP contribution < -0.4 is 0 Å². The molecule has 2 aromatic rings. The van der Waals surface area contributed by atoms with Crippen LogP contribution >= 0.6 is 0 Å². The maximum absolute atomic E-state index is 12.5. The van der Waals surface area contributed by atoms with Crippen molar-refractivity contribution < 1.29 is 14.3 Å². The number of rotatable bonds is 6. The second-order valence-electron chi connectivity index (χ2n) is 6.80. The van der Waals surface area contributed by atoms with E-state index in [-0.39, 0.29) is 18.9 Å². The Hall–Kier alpha value is -2.43. The number of carbonyl (C=O) groups excluding carboxylic acids is 2. The van der Waals surface area contributed by atoms with E-state index in [1.165, 1.54) is 19.3 Å². The van der Waals surface area contributed by atoms with Crippen molar-refractivity contribution in [2.24, 2.45) is 0 Å². The number of para-hydroxylation sites is 1. The highest BCUT2D eigenvalue weighted by Gasteiger charge is 2.24. The van der Waals surface area contributed by atoms with Gasteiger partial charge >= 0.3 is 5.97 Å². The minimum Gasteiger partial charge on any atom is -0.455 e. The summed E-state index contributed by atoms with van der Waals surface area (Å²) in [5, 5.41) is 0.989. The van der Waals surface area contributed by atoms with Crippen molar-refractivity contribution >= 4 is 22.8 Å². The Bertz CT molecular complexity index is 763. The molecule has 1 aromatic carbocycles. The minimum absolute atomic E-state index is 0.0937. The van der Waals surface area contributed by atoms with E-state index in [0.717, 1.165) is 29.3 Å². The van der Waals surface area contributed by atoms with Gasteiger partial charge in [-0.2, -0.15) is 0 Å². The predicted molar refractivity (Wildman–Crippen MR) is 101 cm³/mol. The van der Waals surface area contributed by atoms with Gasteiger partial charge in [-0.25, -0.2) is 0 Å². The molecule has 1 heterocycles. The molecule has 1 aliphatic carbocycles. The molecule has 0 atom stereocenters. The second kappa shape index (κ2) is 8.79. The van der Waals surface area contributed by atoms with Gasteiger partial charge in [-0.1, -0.05) is 43.5 Å². The zero-order valence-electron chi connectivity index (χ0n) is 15.3. The number of amides is 1. The van der Waals surface area contributed by atoms with Gasteiger partial charge in [0.2, 0.25) is 0 Å². The molecule has 5 nitrogen and oxygen atoms in total. The molecule has 1 saturated carbocycles. The van der Waals surface area contributed by atoms with Crippen LogP contribution in [0.3, 0.4) is 0 Å². The molecule has 0 saturated heterocycles. The molecule has 1 amide bonds. The molecule has 5 heteroatoms.